The lowest BCUT2D eigenvalue weighted by Crippen LogP contribution is -2.48. The number of hydrogen-bond donors (Lipinski definition) is 1. The van der Waals surface area contributed by atoms with Crippen molar-refractivity contribution < 1.29 is 9.84 Å². The van der Waals surface area contributed by atoms with Gasteiger partial charge in [0, 0.05) is 25.3 Å². The van der Waals surface area contributed by atoms with E-state index in [1.807, 2.05) is 12.1 Å². The second kappa shape index (κ2) is 5.78. The van der Waals surface area contributed by atoms with Crippen LogP contribution in [0.25, 0.3) is 0 Å². The number of pyridine rings is 1. The van der Waals surface area contributed by atoms with Crippen LogP contribution in [-0.2, 0) is 11.3 Å². The summed E-state index contributed by atoms with van der Waals surface area (Å²) in [6.07, 6.45) is 1.57. The predicted octanol–water partition coefficient (Wildman–Crippen LogP) is 1.32. The number of hydrogen-bond acceptors (Lipinski definition) is 4. The van der Waals surface area contributed by atoms with Crippen LogP contribution in [0.4, 0.5) is 0 Å². The van der Waals surface area contributed by atoms with E-state index in [1.165, 1.54) is 0 Å². The average molecular weight is 257 g/mol. The van der Waals surface area contributed by atoms with E-state index < -0.39 is 0 Å². The van der Waals surface area contributed by atoms with E-state index in [9.17, 15) is 0 Å². The van der Waals surface area contributed by atoms with E-state index in [2.05, 4.69) is 16.8 Å². The van der Waals surface area contributed by atoms with Gasteiger partial charge in [-0.2, -0.15) is 0 Å². The van der Waals surface area contributed by atoms with Crippen LogP contribution in [0.2, 0.25) is 5.02 Å². The minimum atomic E-state index is -0.0847. The van der Waals surface area contributed by atoms with E-state index >= 15 is 0 Å². The average Bonchev–Trinajstić information content (AvgIpc) is 2.35. The lowest BCUT2D eigenvalue weighted by molar-refractivity contribution is -0.0808. The first-order valence-corrected chi connectivity index (χ1v) is 6.14. The van der Waals surface area contributed by atoms with Gasteiger partial charge in [-0.15, -0.1) is 0 Å². The lowest BCUT2D eigenvalue weighted by atomic mass is 10.2. The maximum absolute atomic E-state index is 9.11. The number of halogens is 1. The summed E-state index contributed by atoms with van der Waals surface area (Å²) in [6.45, 7) is 4.33. The van der Waals surface area contributed by atoms with Gasteiger partial charge in [0.15, 0.2) is 0 Å². The third-order valence-electron chi connectivity index (χ3n) is 2.99. The van der Waals surface area contributed by atoms with Crippen molar-refractivity contribution in [1.82, 2.24) is 9.88 Å². The van der Waals surface area contributed by atoms with Gasteiger partial charge in [0.1, 0.15) is 0 Å². The lowest BCUT2D eigenvalue weighted by Gasteiger charge is -2.37. The van der Waals surface area contributed by atoms with Gasteiger partial charge in [-0.05, 0) is 19.1 Å². The molecule has 0 radical (unpaired) electrons. The van der Waals surface area contributed by atoms with Crippen molar-refractivity contribution in [3.05, 3.63) is 29.0 Å². The first-order chi connectivity index (χ1) is 8.19. The molecule has 1 aliphatic rings. The van der Waals surface area contributed by atoms with Gasteiger partial charge in [0.25, 0.3) is 0 Å². The van der Waals surface area contributed by atoms with Crippen LogP contribution in [0.5, 0.6) is 0 Å². The van der Waals surface area contributed by atoms with Gasteiger partial charge >= 0.3 is 0 Å². The number of aliphatic hydroxyl groups excluding tert-OH is 1. The molecule has 0 aromatic carbocycles. The summed E-state index contributed by atoms with van der Waals surface area (Å²) in [7, 11) is 0. The summed E-state index contributed by atoms with van der Waals surface area (Å²) >= 11 is 5.80. The van der Waals surface area contributed by atoms with Crippen LogP contribution in [0, 0.1) is 0 Å². The molecule has 2 atom stereocenters. The summed E-state index contributed by atoms with van der Waals surface area (Å²) in [4.78, 5) is 6.55. The zero-order valence-corrected chi connectivity index (χ0v) is 10.6. The van der Waals surface area contributed by atoms with Crippen LogP contribution in [0.3, 0.4) is 0 Å². The van der Waals surface area contributed by atoms with Gasteiger partial charge in [-0.1, -0.05) is 11.6 Å². The standard InChI is InChI=1S/C12H17ClN2O2/c1-9-8-17-12(7-16)6-15(9)5-11-3-2-10(13)4-14-11/h2-4,9,12,16H,5-8H2,1H3. The first kappa shape index (κ1) is 12.8. The zero-order chi connectivity index (χ0) is 12.3. The highest BCUT2D eigenvalue weighted by Gasteiger charge is 2.25. The first-order valence-electron chi connectivity index (χ1n) is 5.76. The Bertz CT molecular complexity index is 358. The molecular formula is C12H17ClN2O2. The van der Waals surface area contributed by atoms with E-state index in [1.54, 1.807) is 6.20 Å². The highest BCUT2D eigenvalue weighted by molar-refractivity contribution is 6.30. The summed E-state index contributed by atoms with van der Waals surface area (Å²) in [5.74, 6) is 0. The van der Waals surface area contributed by atoms with Crippen LogP contribution in [-0.4, -0.2) is 46.9 Å². The predicted molar refractivity (Wildman–Crippen MR) is 65.9 cm³/mol. The molecule has 1 N–H and O–H groups in total. The van der Waals surface area contributed by atoms with Crippen molar-refractivity contribution in [1.29, 1.82) is 0 Å². The number of morpholine rings is 1. The molecule has 2 heterocycles. The Balaban J connectivity index is 1.98. The highest BCUT2D eigenvalue weighted by atomic mass is 35.5. The minimum absolute atomic E-state index is 0.0667. The van der Waals surface area contributed by atoms with Crippen molar-refractivity contribution in [2.24, 2.45) is 0 Å². The molecule has 0 aliphatic carbocycles. The molecule has 0 spiro atoms. The number of aliphatic hydroxyl groups is 1. The van der Waals surface area contributed by atoms with Gasteiger partial charge in [-0.3, -0.25) is 9.88 Å². The van der Waals surface area contributed by atoms with Crippen LogP contribution < -0.4 is 0 Å². The number of rotatable bonds is 3. The zero-order valence-electron chi connectivity index (χ0n) is 9.84. The molecule has 2 unspecified atom stereocenters. The Morgan fingerprint density at radius 3 is 3.06 bits per heavy atom. The molecule has 0 saturated carbocycles. The van der Waals surface area contributed by atoms with Crippen LogP contribution >= 0.6 is 11.6 Å². The SMILES string of the molecule is CC1COC(CO)CN1Cc1ccc(Cl)cn1. The van der Waals surface area contributed by atoms with E-state index in [0.717, 1.165) is 18.8 Å². The maximum Gasteiger partial charge on any atom is 0.0933 e. The molecule has 1 saturated heterocycles. The van der Waals surface area contributed by atoms with Crippen molar-refractivity contribution in [2.45, 2.75) is 25.6 Å². The number of ether oxygens (including phenoxy) is 1. The normalized spacial score (nSPS) is 26.1. The minimum Gasteiger partial charge on any atom is -0.394 e. The Labute approximate surface area is 106 Å². The molecule has 1 aromatic rings. The summed E-state index contributed by atoms with van der Waals surface area (Å²) in [5.41, 5.74) is 0.986. The summed E-state index contributed by atoms with van der Waals surface area (Å²) in [6, 6.07) is 4.12. The van der Waals surface area contributed by atoms with Crippen molar-refractivity contribution in [3.8, 4) is 0 Å². The smallest absolute Gasteiger partial charge is 0.0933 e. The quantitative estimate of drug-likeness (QED) is 0.886. The fourth-order valence-corrected chi connectivity index (χ4v) is 2.03. The van der Waals surface area contributed by atoms with Gasteiger partial charge < -0.3 is 9.84 Å². The Kier molecular flexibility index (Phi) is 4.34. The molecule has 0 bridgehead atoms. The second-order valence-electron chi connectivity index (χ2n) is 4.38. The maximum atomic E-state index is 9.11. The molecule has 0 amide bonds. The molecule has 1 aromatic heterocycles. The third kappa shape index (κ3) is 3.39. The van der Waals surface area contributed by atoms with E-state index in [-0.39, 0.29) is 12.7 Å². The number of nitrogens with zero attached hydrogens (tertiary/aromatic N) is 2. The molecule has 5 heteroatoms. The molecule has 1 fully saturated rings. The largest absolute Gasteiger partial charge is 0.394 e. The fraction of sp³-hybridized carbons (Fsp3) is 0.583. The van der Waals surface area contributed by atoms with Crippen molar-refractivity contribution >= 4 is 11.6 Å². The molecule has 1 aliphatic heterocycles. The molecule has 94 valence electrons. The Hall–Kier alpha value is -0.680. The van der Waals surface area contributed by atoms with Crippen molar-refractivity contribution in [3.63, 3.8) is 0 Å². The summed E-state index contributed by atoms with van der Waals surface area (Å²) in [5, 5.41) is 9.76. The fourth-order valence-electron chi connectivity index (χ4n) is 1.91. The molecule has 4 nitrogen and oxygen atoms in total. The highest BCUT2D eigenvalue weighted by Crippen LogP contribution is 2.15. The third-order valence-corrected chi connectivity index (χ3v) is 3.22. The van der Waals surface area contributed by atoms with E-state index in [0.29, 0.717) is 17.7 Å². The summed E-state index contributed by atoms with van der Waals surface area (Å²) < 4.78 is 5.49. The Morgan fingerprint density at radius 2 is 2.41 bits per heavy atom. The van der Waals surface area contributed by atoms with E-state index in [4.69, 9.17) is 21.4 Å². The monoisotopic (exact) mass is 256 g/mol. The Morgan fingerprint density at radius 1 is 1.59 bits per heavy atom. The van der Waals surface area contributed by atoms with Crippen LogP contribution in [0.15, 0.2) is 18.3 Å². The molecule has 2 rings (SSSR count). The van der Waals surface area contributed by atoms with Crippen molar-refractivity contribution in [2.75, 3.05) is 19.8 Å². The van der Waals surface area contributed by atoms with Gasteiger partial charge in [-0.25, -0.2) is 0 Å². The topological polar surface area (TPSA) is 45.6 Å². The molecular weight excluding hydrogens is 240 g/mol. The molecule has 17 heavy (non-hydrogen) atoms. The van der Waals surface area contributed by atoms with Crippen LogP contribution in [0.1, 0.15) is 12.6 Å². The van der Waals surface area contributed by atoms with Gasteiger partial charge in [0.05, 0.1) is 30.0 Å². The van der Waals surface area contributed by atoms with Gasteiger partial charge in [0.2, 0.25) is 0 Å². The number of aromatic nitrogens is 1. The second-order valence-corrected chi connectivity index (χ2v) is 4.82.